The maximum Gasteiger partial charge on any atom is 0.180 e. The number of azo groups is 1. The van der Waals surface area contributed by atoms with Gasteiger partial charge in [0, 0.05) is 6.42 Å². The van der Waals surface area contributed by atoms with Crippen molar-refractivity contribution in [3.63, 3.8) is 0 Å². The Bertz CT molecular complexity index is 80.5. The van der Waals surface area contributed by atoms with Crippen molar-refractivity contribution in [3.8, 4) is 0 Å². The lowest BCUT2D eigenvalue weighted by Crippen LogP contribution is -2.00. The second-order valence-corrected chi connectivity index (χ2v) is 1.63. The van der Waals surface area contributed by atoms with Crippen LogP contribution in [0.5, 0.6) is 0 Å². The molecule has 0 saturated carbocycles. The van der Waals surface area contributed by atoms with Crippen molar-refractivity contribution in [1.29, 1.82) is 0 Å². The van der Waals surface area contributed by atoms with Crippen LogP contribution in [0.1, 0.15) is 19.8 Å². The van der Waals surface area contributed by atoms with Crippen molar-refractivity contribution in [2.45, 2.75) is 19.8 Å². The fourth-order valence-electron chi connectivity index (χ4n) is 0.393. The van der Waals surface area contributed by atoms with E-state index < -0.39 is 0 Å². The van der Waals surface area contributed by atoms with Gasteiger partial charge in [0.25, 0.3) is 0 Å². The van der Waals surface area contributed by atoms with Crippen LogP contribution in [0.3, 0.4) is 0 Å². The Balaban J connectivity index is 3.12. The molecule has 0 aromatic carbocycles. The first-order chi connectivity index (χ1) is 3.81. The minimum absolute atomic E-state index is 0.535. The van der Waals surface area contributed by atoms with Gasteiger partial charge >= 0.3 is 0 Å². The van der Waals surface area contributed by atoms with Crippen LogP contribution in [-0.4, -0.2) is 18.5 Å². The van der Waals surface area contributed by atoms with E-state index in [1.807, 2.05) is 6.92 Å². The number of hydrogen-bond acceptors (Lipinski definition) is 2. The van der Waals surface area contributed by atoms with Gasteiger partial charge in [0.1, 0.15) is 0 Å². The number of rotatable bonds is 3. The van der Waals surface area contributed by atoms with Crippen LogP contribution in [0.4, 0.5) is 0 Å². The smallest absolute Gasteiger partial charge is 0.180 e. The minimum atomic E-state index is 0.535. The highest BCUT2D eigenvalue weighted by molar-refractivity contribution is 4.26. The Hall–Kier alpha value is -0.600. The van der Waals surface area contributed by atoms with Gasteiger partial charge in [-0.1, -0.05) is 18.2 Å². The lowest BCUT2D eigenvalue weighted by molar-refractivity contribution is -0.528. The molecule has 0 bridgehead atoms. The fraction of sp³-hybridized carbons (Fsp3) is 1.00. The van der Waals surface area contributed by atoms with Gasteiger partial charge in [0.05, 0.1) is 7.05 Å². The summed E-state index contributed by atoms with van der Waals surface area (Å²) >= 11 is 0. The molecule has 0 aromatic heterocycles. The van der Waals surface area contributed by atoms with Crippen molar-refractivity contribution in [2.75, 3.05) is 13.6 Å². The first-order valence-electron chi connectivity index (χ1n) is 2.85. The molecule has 0 unspecified atom stereocenters. The molecule has 8 heavy (non-hydrogen) atoms. The number of hydroxylamine groups is 1. The molecule has 0 rings (SSSR count). The van der Waals surface area contributed by atoms with Crippen LogP contribution in [0, 0.1) is 5.21 Å². The first kappa shape index (κ1) is 7.40. The molecule has 0 atom stereocenters. The second-order valence-electron chi connectivity index (χ2n) is 1.63. The number of hydrogen-bond donors (Lipinski definition) is 0. The highest BCUT2D eigenvalue weighted by atomic mass is 16.5. The van der Waals surface area contributed by atoms with E-state index in [4.69, 9.17) is 0 Å². The van der Waals surface area contributed by atoms with Crippen LogP contribution in [0.15, 0.2) is 5.11 Å². The zero-order valence-electron chi connectivity index (χ0n) is 5.42. The lowest BCUT2D eigenvalue weighted by atomic mass is 10.3. The zero-order chi connectivity index (χ0) is 6.41. The largest absolute Gasteiger partial charge is 0.600 e. The highest BCUT2D eigenvalue weighted by Gasteiger charge is 1.88. The third-order valence-electron chi connectivity index (χ3n) is 0.926. The monoisotopic (exact) mass is 116 g/mol. The molecule has 0 aromatic rings. The molecule has 3 nitrogen and oxygen atoms in total. The summed E-state index contributed by atoms with van der Waals surface area (Å²) in [5.74, 6) is 0. The third kappa shape index (κ3) is 3.59. The Labute approximate surface area is 49.6 Å². The minimum Gasteiger partial charge on any atom is -0.600 e. The molecule has 0 saturated heterocycles. The Morgan fingerprint density at radius 1 is 1.62 bits per heavy atom. The molecule has 0 spiro atoms. The highest BCUT2D eigenvalue weighted by Crippen LogP contribution is 1.85. The predicted octanol–water partition coefficient (Wildman–Crippen LogP) is 1.38. The van der Waals surface area contributed by atoms with Crippen LogP contribution in [0.2, 0.25) is 0 Å². The maximum atomic E-state index is 10.3. The SMILES string of the molecule is CCCC[N+]([O-])=NC. The molecule has 48 valence electrons. The van der Waals surface area contributed by atoms with Gasteiger partial charge in [-0.2, -0.15) is 0 Å². The molecule has 0 aliphatic carbocycles. The van der Waals surface area contributed by atoms with E-state index >= 15 is 0 Å². The van der Waals surface area contributed by atoms with Crippen molar-refractivity contribution in [3.05, 3.63) is 5.21 Å². The summed E-state index contributed by atoms with van der Waals surface area (Å²) in [6.07, 6.45) is 1.98. The standard InChI is InChI=1S/C5H12N2O/c1-3-4-5-7(8)6-2/h3-5H2,1-2H3. The summed E-state index contributed by atoms with van der Waals surface area (Å²) in [6.45, 7) is 2.58. The van der Waals surface area contributed by atoms with Crippen molar-refractivity contribution in [1.82, 2.24) is 0 Å². The van der Waals surface area contributed by atoms with Gasteiger partial charge in [0.2, 0.25) is 0 Å². The predicted molar refractivity (Wildman–Crippen MR) is 31.8 cm³/mol. The summed E-state index contributed by atoms with van der Waals surface area (Å²) < 4.78 is 0. The fourth-order valence-corrected chi connectivity index (χ4v) is 0.393. The third-order valence-corrected chi connectivity index (χ3v) is 0.926. The van der Waals surface area contributed by atoms with Gasteiger partial charge in [-0.15, -0.1) is 0 Å². The van der Waals surface area contributed by atoms with E-state index in [-0.39, 0.29) is 0 Å². The van der Waals surface area contributed by atoms with Crippen molar-refractivity contribution < 1.29 is 4.86 Å². The Morgan fingerprint density at radius 3 is 2.62 bits per heavy atom. The van der Waals surface area contributed by atoms with E-state index in [0.29, 0.717) is 11.4 Å². The summed E-state index contributed by atoms with van der Waals surface area (Å²) in [5.41, 5.74) is 0. The van der Waals surface area contributed by atoms with Crippen LogP contribution < -0.4 is 0 Å². The molecular weight excluding hydrogens is 104 g/mol. The molecule has 0 aliphatic heterocycles. The Kier molecular flexibility index (Phi) is 4.21. The first-order valence-corrected chi connectivity index (χ1v) is 2.85. The normalized spacial score (nSPS) is 12.0. The molecule has 0 aliphatic rings. The van der Waals surface area contributed by atoms with E-state index in [0.717, 1.165) is 12.8 Å². The van der Waals surface area contributed by atoms with Gasteiger partial charge < -0.3 is 5.21 Å². The van der Waals surface area contributed by atoms with E-state index in [9.17, 15) is 5.21 Å². The van der Waals surface area contributed by atoms with Gasteiger partial charge in [0.15, 0.2) is 6.54 Å². The molecule has 3 heteroatoms. The molecule has 0 heterocycles. The second kappa shape index (κ2) is 4.56. The molecule has 0 fully saturated rings. The molecular formula is C5H12N2O. The summed E-state index contributed by atoms with van der Waals surface area (Å²) in [7, 11) is 1.50. The van der Waals surface area contributed by atoms with E-state index in [2.05, 4.69) is 5.11 Å². The van der Waals surface area contributed by atoms with E-state index in [1.165, 1.54) is 7.05 Å². The van der Waals surface area contributed by atoms with Crippen LogP contribution in [0.25, 0.3) is 0 Å². The van der Waals surface area contributed by atoms with Crippen molar-refractivity contribution >= 4 is 0 Å². The van der Waals surface area contributed by atoms with Gasteiger partial charge in [-0.3, -0.25) is 0 Å². The quantitative estimate of drug-likeness (QED) is 0.312. The molecule has 0 amide bonds. The Morgan fingerprint density at radius 2 is 2.25 bits per heavy atom. The molecule has 0 N–H and O–H groups in total. The average molecular weight is 116 g/mol. The topological polar surface area (TPSA) is 38.4 Å². The van der Waals surface area contributed by atoms with Crippen molar-refractivity contribution in [2.24, 2.45) is 5.11 Å². The molecule has 0 radical (unpaired) electrons. The van der Waals surface area contributed by atoms with E-state index in [1.54, 1.807) is 0 Å². The number of nitrogens with zero attached hydrogens (tertiary/aromatic N) is 2. The summed E-state index contributed by atoms with van der Waals surface area (Å²) in [5, 5.41) is 13.7. The van der Waals surface area contributed by atoms with Crippen LogP contribution >= 0.6 is 0 Å². The zero-order valence-corrected chi connectivity index (χ0v) is 5.42. The summed E-state index contributed by atoms with van der Waals surface area (Å²) in [6, 6.07) is 0. The number of unbranched alkanes of at least 4 members (excludes halogenated alkanes) is 1. The van der Waals surface area contributed by atoms with Gasteiger partial charge in [-0.25, -0.2) is 0 Å². The van der Waals surface area contributed by atoms with Gasteiger partial charge in [-0.05, 0) is 5.11 Å². The summed E-state index contributed by atoms with van der Waals surface area (Å²) in [4.78, 5) is 0.712. The lowest BCUT2D eigenvalue weighted by Gasteiger charge is -1.95. The maximum absolute atomic E-state index is 10.3. The average Bonchev–Trinajstić information content (AvgIpc) is 1.83. The van der Waals surface area contributed by atoms with Crippen LogP contribution in [-0.2, 0) is 0 Å².